The van der Waals surface area contributed by atoms with Gasteiger partial charge in [0.25, 0.3) is 0 Å². The van der Waals surface area contributed by atoms with Crippen LogP contribution >= 0.6 is 0 Å². The number of aliphatic hydroxyl groups is 1. The molecule has 6 heteroatoms. The minimum atomic E-state index is 0.234. The Bertz CT molecular complexity index is 679. The number of hydrogen-bond donors (Lipinski definition) is 3. The maximum atomic E-state index is 9.29. The summed E-state index contributed by atoms with van der Waals surface area (Å²) in [6.07, 6.45) is 7.52. The summed E-state index contributed by atoms with van der Waals surface area (Å²) in [4.78, 5) is 8.79. The zero-order valence-electron chi connectivity index (χ0n) is 17.4. The first-order chi connectivity index (χ1) is 13.6. The molecular formula is C22H35N5O. The minimum absolute atomic E-state index is 0.234. The van der Waals surface area contributed by atoms with Gasteiger partial charge in [0.15, 0.2) is 5.96 Å². The van der Waals surface area contributed by atoms with E-state index in [1.165, 1.54) is 11.1 Å². The molecule has 0 amide bonds. The van der Waals surface area contributed by atoms with Crippen LogP contribution in [0.3, 0.4) is 0 Å². The van der Waals surface area contributed by atoms with E-state index >= 15 is 0 Å². The second-order valence-corrected chi connectivity index (χ2v) is 7.64. The molecule has 1 atom stereocenters. The van der Waals surface area contributed by atoms with Gasteiger partial charge in [0.05, 0.1) is 12.9 Å². The van der Waals surface area contributed by atoms with Crippen LogP contribution in [-0.4, -0.2) is 40.3 Å². The van der Waals surface area contributed by atoms with Gasteiger partial charge in [-0.05, 0) is 42.7 Å². The first-order valence-corrected chi connectivity index (χ1v) is 10.3. The first kappa shape index (κ1) is 22.0. The summed E-state index contributed by atoms with van der Waals surface area (Å²) in [5.74, 6) is 1.91. The van der Waals surface area contributed by atoms with E-state index in [0.717, 1.165) is 38.4 Å². The lowest BCUT2D eigenvalue weighted by Crippen LogP contribution is -2.40. The topological polar surface area (TPSA) is 74.5 Å². The van der Waals surface area contributed by atoms with E-state index in [2.05, 4.69) is 65.2 Å². The molecule has 0 aliphatic carbocycles. The lowest BCUT2D eigenvalue weighted by molar-refractivity contribution is 0.243. The number of rotatable bonds is 11. The van der Waals surface area contributed by atoms with Gasteiger partial charge in [0, 0.05) is 38.6 Å². The number of guanidine groups is 1. The average molecular weight is 386 g/mol. The number of hydrogen-bond acceptors (Lipinski definition) is 3. The molecule has 1 unspecified atom stereocenters. The Labute approximate surface area is 169 Å². The molecule has 0 fully saturated rings. The SMILES string of the molecule is CCNC(=NCc1ccc(Cn2ccnc2)cc1)NCC(CCO)CC(C)C. The van der Waals surface area contributed by atoms with E-state index < -0.39 is 0 Å². The molecule has 0 aliphatic rings. The van der Waals surface area contributed by atoms with Crippen molar-refractivity contribution >= 4 is 5.96 Å². The second-order valence-electron chi connectivity index (χ2n) is 7.64. The van der Waals surface area contributed by atoms with Crippen LogP contribution in [0, 0.1) is 11.8 Å². The van der Waals surface area contributed by atoms with Crippen LogP contribution in [0.2, 0.25) is 0 Å². The van der Waals surface area contributed by atoms with Crippen molar-refractivity contribution in [1.82, 2.24) is 20.2 Å². The molecule has 1 aromatic heterocycles. The largest absolute Gasteiger partial charge is 0.396 e. The van der Waals surface area contributed by atoms with Crippen LogP contribution in [0.15, 0.2) is 48.0 Å². The lowest BCUT2D eigenvalue weighted by atomic mass is 9.94. The highest BCUT2D eigenvalue weighted by atomic mass is 16.3. The monoisotopic (exact) mass is 385 g/mol. The van der Waals surface area contributed by atoms with Crippen molar-refractivity contribution in [3.05, 3.63) is 54.1 Å². The van der Waals surface area contributed by atoms with Gasteiger partial charge in [-0.15, -0.1) is 0 Å². The fraction of sp³-hybridized carbons (Fsp3) is 0.545. The van der Waals surface area contributed by atoms with Crippen molar-refractivity contribution in [2.24, 2.45) is 16.8 Å². The number of nitrogens with one attached hydrogen (secondary N) is 2. The molecule has 154 valence electrons. The van der Waals surface area contributed by atoms with Gasteiger partial charge in [-0.2, -0.15) is 0 Å². The van der Waals surface area contributed by atoms with Gasteiger partial charge >= 0.3 is 0 Å². The van der Waals surface area contributed by atoms with E-state index in [9.17, 15) is 5.11 Å². The van der Waals surface area contributed by atoms with Crippen molar-refractivity contribution < 1.29 is 5.11 Å². The molecule has 2 rings (SSSR count). The molecule has 0 saturated carbocycles. The third-order valence-corrected chi connectivity index (χ3v) is 4.61. The van der Waals surface area contributed by atoms with Crippen LogP contribution in [-0.2, 0) is 13.1 Å². The molecule has 0 saturated heterocycles. The van der Waals surface area contributed by atoms with Gasteiger partial charge in [-0.25, -0.2) is 9.98 Å². The highest BCUT2D eigenvalue weighted by molar-refractivity contribution is 5.79. The molecule has 3 N–H and O–H groups in total. The predicted octanol–water partition coefficient (Wildman–Crippen LogP) is 3.03. The molecule has 1 aromatic carbocycles. The highest BCUT2D eigenvalue weighted by Crippen LogP contribution is 2.14. The third-order valence-electron chi connectivity index (χ3n) is 4.61. The average Bonchev–Trinajstić information content (AvgIpc) is 3.18. The Balaban J connectivity index is 1.89. The van der Waals surface area contributed by atoms with Gasteiger partial charge in [0.1, 0.15) is 0 Å². The zero-order chi connectivity index (χ0) is 20.2. The molecule has 6 nitrogen and oxygen atoms in total. The van der Waals surface area contributed by atoms with Crippen LogP contribution in [0.25, 0.3) is 0 Å². The summed E-state index contributed by atoms with van der Waals surface area (Å²) >= 11 is 0. The van der Waals surface area contributed by atoms with E-state index in [4.69, 9.17) is 4.99 Å². The molecule has 0 radical (unpaired) electrons. The molecule has 0 aliphatic heterocycles. The third kappa shape index (κ3) is 8.13. The number of aliphatic hydroxyl groups excluding tert-OH is 1. The Kier molecular flexibility index (Phi) is 9.55. The van der Waals surface area contributed by atoms with Gasteiger partial charge < -0.3 is 20.3 Å². The summed E-state index contributed by atoms with van der Waals surface area (Å²) in [5.41, 5.74) is 2.43. The zero-order valence-corrected chi connectivity index (χ0v) is 17.4. The standard InChI is InChI=1S/C22H35N5O/c1-4-24-22(26-15-21(9-12-28)13-18(2)3)25-14-19-5-7-20(8-6-19)16-27-11-10-23-17-27/h5-8,10-11,17-18,21,28H,4,9,12-16H2,1-3H3,(H2,24,25,26). The van der Waals surface area contributed by atoms with Crippen LogP contribution < -0.4 is 10.6 Å². The van der Waals surface area contributed by atoms with Gasteiger partial charge in [-0.3, -0.25) is 0 Å². The Morgan fingerprint density at radius 2 is 1.93 bits per heavy atom. The number of benzene rings is 1. The highest BCUT2D eigenvalue weighted by Gasteiger charge is 2.11. The van der Waals surface area contributed by atoms with Gasteiger partial charge in [-0.1, -0.05) is 38.1 Å². The number of nitrogens with zero attached hydrogens (tertiary/aromatic N) is 3. The molecule has 0 spiro atoms. The maximum Gasteiger partial charge on any atom is 0.191 e. The lowest BCUT2D eigenvalue weighted by Gasteiger charge is -2.20. The Hall–Kier alpha value is -2.34. The van der Waals surface area contributed by atoms with E-state index in [1.54, 1.807) is 6.20 Å². The summed E-state index contributed by atoms with van der Waals surface area (Å²) in [5, 5.41) is 16.0. The van der Waals surface area contributed by atoms with Crippen molar-refractivity contribution in [2.75, 3.05) is 19.7 Å². The summed E-state index contributed by atoms with van der Waals surface area (Å²) < 4.78 is 2.06. The van der Waals surface area contributed by atoms with Crippen molar-refractivity contribution in [2.45, 2.75) is 46.7 Å². The number of aliphatic imine (C=N–C) groups is 1. The van der Waals surface area contributed by atoms with E-state index in [-0.39, 0.29) is 6.61 Å². The normalized spacial score (nSPS) is 13.0. The van der Waals surface area contributed by atoms with Crippen LogP contribution in [0.4, 0.5) is 0 Å². The fourth-order valence-electron chi connectivity index (χ4n) is 3.25. The quantitative estimate of drug-likeness (QED) is 0.411. The summed E-state index contributed by atoms with van der Waals surface area (Å²) in [6.45, 7) is 9.87. The second kappa shape index (κ2) is 12.2. The van der Waals surface area contributed by atoms with E-state index in [0.29, 0.717) is 18.4 Å². The van der Waals surface area contributed by atoms with Crippen LogP contribution in [0.1, 0.15) is 44.7 Å². The Morgan fingerprint density at radius 1 is 1.18 bits per heavy atom. The molecule has 1 heterocycles. The number of aromatic nitrogens is 2. The Morgan fingerprint density at radius 3 is 2.54 bits per heavy atom. The first-order valence-electron chi connectivity index (χ1n) is 10.3. The van der Waals surface area contributed by atoms with E-state index in [1.807, 2.05) is 12.5 Å². The number of imidazole rings is 1. The fourth-order valence-corrected chi connectivity index (χ4v) is 3.25. The molecule has 0 bridgehead atoms. The molecule has 28 heavy (non-hydrogen) atoms. The maximum absolute atomic E-state index is 9.29. The van der Waals surface area contributed by atoms with Crippen molar-refractivity contribution in [1.29, 1.82) is 0 Å². The molecule has 2 aromatic rings. The van der Waals surface area contributed by atoms with Crippen LogP contribution in [0.5, 0.6) is 0 Å². The summed E-state index contributed by atoms with van der Waals surface area (Å²) in [6, 6.07) is 8.55. The predicted molar refractivity (Wildman–Crippen MR) is 115 cm³/mol. The molecular weight excluding hydrogens is 350 g/mol. The van der Waals surface area contributed by atoms with Gasteiger partial charge in [0.2, 0.25) is 0 Å². The van der Waals surface area contributed by atoms with Crippen molar-refractivity contribution in [3.63, 3.8) is 0 Å². The van der Waals surface area contributed by atoms with Crippen molar-refractivity contribution in [3.8, 4) is 0 Å². The smallest absolute Gasteiger partial charge is 0.191 e. The summed E-state index contributed by atoms with van der Waals surface area (Å²) in [7, 11) is 0. The minimum Gasteiger partial charge on any atom is -0.396 e.